The molecule has 0 aliphatic carbocycles. The van der Waals surface area contributed by atoms with E-state index in [1.807, 2.05) is 85.8 Å². The van der Waals surface area contributed by atoms with Crippen LogP contribution >= 0.6 is 0 Å². The second-order valence-electron chi connectivity index (χ2n) is 16.3. The first-order chi connectivity index (χ1) is 32.5. The van der Waals surface area contributed by atoms with E-state index >= 15 is 0 Å². The van der Waals surface area contributed by atoms with Crippen molar-refractivity contribution in [3.05, 3.63) is 248 Å². The van der Waals surface area contributed by atoms with Gasteiger partial charge in [-0.1, -0.05) is 139 Å². The first kappa shape index (κ1) is 41.4. The topological polar surface area (TPSA) is 50.1 Å². The second kappa shape index (κ2) is 18.6. The molecule has 318 valence electrons. The lowest BCUT2D eigenvalue weighted by atomic mass is 10.1. The predicted octanol–water partition coefficient (Wildman–Crippen LogP) is 15.8. The normalized spacial score (nSPS) is 11.7. The maximum Gasteiger partial charge on any atom is 0.164 e. The van der Waals surface area contributed by atoms with Crippen LogP contribution in [0.1, 0.15) is 18.1 Å². The van der Waals surface area contributed by atoms with Gasteiger partial charge < -0.3 is 14.4 Å². The van der Waals surface area contributed by atoms with Crippen LogP contribution in [-0.2, 0) is 0 Å². The number of aromatic nitrogens is 4. The average Bonchev–Trinajstić information content (AvgIpc) is 3.70. The fraction of sp³-hybridized carbons (Fsp3) is 0.0500. The van der Waals surface area contributed by atoms with Gasteiger partial charge in [-0.05, 0) is 124 Å². The first-order valence-electron chi connectivity index (χ1n) is 22.3. The Morgan fingerprint density at radius 2 is 0.833 bits per heavy atom. The third-order valence-electron chi connectivity index (χ3n) is 11.7. The Balaban J connectivity index is 1.14. The van der Waals surface area contributed by atoms with E-state index < -0.39 is 0 Å². The fourth-order valence-electron chi connectivity index (χ4n) is 8.38. The number of hydrogen-bond donors (Lipinski definition) is 0. The highest BCUT2D eigenvalue weighted by atomic mass is 15.1. The number of fused-ring (bicyclic) bond motifs is 3. The molecular weight excluding hydrogens is 805 g/mol. The van der Waals surface area contributed by atoms with Crippen molar-refractivity contribution >= 4 is 50.2 Å². The molecular formula is C60H48N6. The zero-order valence-corrected chi connectivity index (χ0v) is 37.2. The Labute approximate surface area is 386 Å². The third-order valence-corrected chi connectivity index (χ3v) is 11.7. The molecule has 0 spiro atoms. The number of benzene rings is 8. The Hall–Kier alpha value is -8.61. The molecule has 0 fully saturated rings. The molecule has 0 bridgehead atoms. The third kappa shape index (κ3) is 8.56. The standard InChI is InChI=1S/C60H48N6/c1-4-5-6-7-17-40-64(48-22-15-10-16-23-48)52-36-38-56-54(41-52)55-42-53(65(49-30-24-43(2)25-31-49)50-32-26-44(3)27-33-50)37-39-57(55)66(56)51-34-28-47(29-35-51)60-62-58(45-18-11-8-12-19-45)61-59(63-60)46-20-13-9-14-21-46/h4-42H,1-3H3/b5-4-,7-6-,40-17+. The lowest BCUT2D eigenvalue weighted by molar-refractivity contribution is 1.07. The molecule has 0 amide bonds. The predicted molar refractivity (Wildman–Crippen MR) is 276 cm³/mol. The monoisotopic (exact) mass is 852 g/mol. The molecule has 0 atom stereocenters. The Morgan fingerprint density at radius 3 is 1.35 bits per heavy atom. The molecule has 0 radical (unpaired) electrons. The van der Waals surface area contributed by atoms with Crippen LogP contribution in [0.25, 0.3) is 61.7 Å². The van der Waals surface area contributed by atoms with Gasteiger partial charge in [-0.15, -0.1) is 0 Å². The van der Waals surface area contributed by atoms with E-state index in [2.05, 4.69) is 186 Å². The number of anilines is 5. The van der Waals surface area contributed by atoms with E-state index in [9.17, 15) is 0 Å². The highest BCUT2D eigenvalue weighted by Gasteiger charge is 2.20. The summed E-state index contributed by atoms with van der Waals surface area (Å²) in [4.78, 5) is 19.5. The van der Waals surface area contributed by atoms with Crippen LogP contribution in [0.3, 0.4) is 0 Å². The Morgan fingerprint density at radius 1 is 0.394 bits per heavy atom. The van der Waals surface area contributed by atoms with Crippen molar-refractivity contribution in [1.82, 2.24) is 19.5 Å². The zero-order valence-electron chi connectivity index (χ0n) is 37.2. The summed E-state index contributed by atoms with van der Waals surface area (Å²) < 4.78 is 2.37. The van der Waals surface area contributed by atoms with Crippen molar-refractivity contribution in [2.24, 2.45) is 0 Å². The highest BCUT2D eigenvalue weighted by molar-refractivity contribution is 6.12. The maximum absolute atomic E-state index is 5.01. The van der Waals surface area contributed by atoms with E-state index in [1.165, 1.54) is 11.1 Å². The van der Waals surface area contributed by atoms with Crippen LogP contribution in [0.4, 0.5) is 28.4 Å². The van der Waals surface area contributed by atoms with Crippen LogP contribution in [0, 0.1) is 13.8 Å². The van der Waals surface area contributed by atoms with Crippen LogP contribution in [0.15, 0.2) is 237 Å². The van der Waals surface area contributed by atoms with Gasteiger partial charge in [0.2, 0.25) is 0 Å². The lowest BCUT2D eigenvalue weighted by Crippen LogP contribution is -2.10. The summed E-state index contributed by atoms with van der Waals surface area (Å²) in [6.07, 6.45) is 12.4. The first-order valence-corrected chi connectivity index (χ1v) is 22.3. The molecule has 0 saturated heterocycles. The quantitative estimate of drug-likeness (QED) is 0.115. The molecule has 8 aromatic carbocycles. The number of allylic oxidation sites excluding steroid dienone is 5. The summed E-state index contributed by atoms with van der Waals surface area (Å²) in [5.74, 6) is 1.89. The van der Waals surface area contributed by atoms with Crippen molar-refractivity contribution < 1.29 is 0 Å². The lowest BCUT2D eigenvalue weighted by Gasteiger charge is -2.26. The van der Waals surface area contributed by atoms with Crippen molar-refractivity contribution in [2.75, 3.05) is 9.80 Å². The maximum atomic E-state index is 5.01. The van der Waals surface area contributed by atoms with E-state index in [0.29, 0.717) is 17.5 Å². The molecule has 0 saturated carbocycles. The van der Waals surface area contributed by atoms with Crippen molar-refractivity contribution in [3.63, 3.8) is 0 Å². The number of para-hydroxylation sites is 1. The average molecular weight is 853 g/mol. The van der Waals surface area contributed by atoms with Gasteiger partial charge in [0.1, 0.15) is 0 Å². The smallest absolute Gasteiger partial charge is 0.164 e. The highest BCUT2D eigenvalue weighted by Crippen LogP contribution is 2.42. The number of aryl methyl sites for hydroxylation is 2. The summed E-state index contributed by atoms with van der Waals surface area (Å²) in [5.41, 5.74) is 13.8. The molecule has 10 aromatic rings. The minimum atomic E-state index is 0.618. The van der Waals surface area contributed by atoms with Crippen LogP contribution in [0.2, 0.25) is 0 Å². The van der Waals surface area contributed by atoms with Gasteiger partial charge in [-0.3, -0.25) is 0 Å². The van der Waals surface area contributed by atoms with Gasteiger partial charge in [0, 0.05) is 67.8 Å². The summed E-state index contributed by atoms with van der Waals surface area (Å²) in [6, 6.07) is 70.4. The molecule has 2 aromatic heterocycles. The molecule has 10 rings (SSSR count). The summed E-state index contributed by atoms with van der Waals surface area (Å²) in [6.45, 7) is 6.28. The van der Waals surface area contributed by atoms with Gasteiger partial charge in [0.05, 0.1) is 11.0 Å². The largest absolute Gasteiger partial charge is 0.317 e. The van der Waals surface area contributed by atoms with Gasteiger partial charge in [0.15, 0.2) is 17.5 Å². The van der Waals surface area contributed by atoms with Gasteiger partial charge in [-0.2, -0.15) is 0 Å². The van der Waals surface area contributed by atoms with E-state index in [1.54, 1.807) is 0 Å². The molecule has 0 N–H and O–H groups in total. The van der Waals surface area contributed by atoms with Gasteiger partial charge in [0.25, 0.3) is 0 Å². The zero-order chi connectivity index (χ0) is 44.8. The van der Waals surface area contributed by atoms with Crippen molar-refractivity contribution in [2.45, 2.75) is 20.8 Å². The molecule has 6 nitrogen and oxygen atoms in total. The van der Waals surface area contributed by atoms with Gasteiger partial charge in [-0.25, -0.2) is 15.0 Å². The van der Waals surface area contributed by atoms with E-state index in [4.69, 9.17) is 15.0 Å². The number of rotatable bonds is 12. The molecule has 0 unspecified atom stereocenters. The summed E-state index contributed by atoms with van der Waals surface area (Å²) in [7, 11) is 0. The molecule has 6 heteroatoms. The molecule has 66 heavy (non-hydrogen) atoms. The van der Waals surface area contributed by atoms with Crippen molar-refractivity contribution in [3.8, 4) is 39.9 Å². The number of nitrogens with zero attached hydrogens (tertiary/aromatic N) is 6. The Kier molecular flexibility index (Phi) is 11.7. The van der Waals surface area contributed by atoms with Crippen LogP contribution < -0.4 is 9.80 Å². The SMILES string of the molecule is C\C=C/C=C\C=C\N(c1ccccc1)c1ccc2c(c1)c1cc(N(c3ccc(C)cc3)c3ccc(C)cc3)ccc1n2-c1ccc(-c2nc(-c3ccccc3)nc(-c3ccccc3)n2)cc1. The summed E-state index contributed by atoms with van der Waals surface area (Å²) in [5, 5.41) is 2.28. The molecule has 2 heterocycles. The summed E-state index contributed by atoms with van der Waals surface area (Å²) >= 11 is 0. The Bertz CT molecular complexity index is 3250. The minimum Gasteiger partial charge on any atom is -0.317 e. The van der Waals surface area contributed by atoms with Crippen LogP contribution in [-0.4, -0.2) is 19.5 Å². The van der Waals surface area contributed by atoms with Gasteiger partial charge >= 0.3 is 0 Å². The van der Waals surface area contributed by atoms with E-state index in [0.717, 1.165) is 72.6 Å². The fourth-order valence-corrected chi connectivity index (χ4v) is 8.38. The number of hydrogen-bond acceptors (Lipinski definition) is 5. The minimum absolute atomic E-state index is 0.618. The second-order valence-corrected chi connectivity index (χ2v) is 16.3. The van der Waals surface area contributed by atoms with Crippen LogP contribution in [0.5, 0.6) is 0 Å². The molecule has 0 aliphatic rings. The van der Waals surface area contributed by atoms with E-state index in [-0.39, 0.29) is 0 Å². The van der Waals surface area contributed by atoms with Crippen molar-refractivity contribution in [1.29, 1.82) is 0 Å². The molecule has 0 aliphatic heterocycles.